The summed E-state index contributed by atoms with van der Waals surface area (Å²) in [6.45, 7) is 1.75. The summed E-state index contributed by atoms with van der Waals surface area (Å²) in [5, 5.41) is 11.0. The number of rotatable bonds is 0. The van der Waals surface area contributed by atoms with Crippen molar-refractivity contribution in [3.63, 3.8) is 0 Å². The fourth-order valence-electron chi connectivity index (χ4n) is 2.29. The molecule has 0 atom stereocenters. The average Bonchev–Trinajstić information content (AvgIpc) is 2.40. The quantitative estimate of drug-likeness (QED) is 0.725. The maximum Gasteiger partial charge on any atom is 0.179 e. The molecule has 88 valence electrons. The molecule has 1 nitrogen and oxygen atoms in total. The third-order valence-electron chi connectivity index (χ3n) is 3.08. The molecule has 0 aromatic heterocycles. The van der Waals surface area contributed by atoms with E-state index in [1.54, 1.807) is 18.7 Å². The zero-order chi connectivity index (χ0) is 12.6. The molecule has 0 radical (unpaired) electrons. The smallest absolute Gasteiger partial charge is 0.179 e. The van der Waals surface area contributed by atoms with E-state index in [0.717, 1.165) is 20.9 Å². The molecule has 0 amide bonds. The Morgan fingerprint density at radius 3 is 1.94 bits per heavy atom. The first-order valence-corrected chi connectivity index (χ1v) is 6.60. The summed E-state index contributed by atoms with van der Waals surface area (Å²) in [7, 11) is 0. The summed E-state index contributed by atoms with van der Waals surface area (Å²) in [5.41, 5.74) is 0.568. The Kier molecular flexibility index (Phi) is 2.66. The van der Waals surface area contributed by atoms with E-state index in [1.165, 1.54) is 0 Å². The van der Waals surface area contributed by atoms with Gasteiger partial charge in [0.15, 0.2) is 5.60 Å². The Balaban J connectivity index is 2.33. The molecule has 0 aliphatic carbocycles. The van der Waals surface area contributed by atoms with Gasteiger partial charge in [0.1, 0.15) is 0 Å². The Bertz CT molecular complexity index is 619. The SMILES string of the molecule is CC#CC1(O)c2ccccc2Sc2ccccc21. The van der Waals surface area contributed by atoms with Crippen LogP contribution in [0.15, 0.2) is 58.3 Å². The van der Waals surface area contributed by atoms with Crippen LogP contribution >= 0.6 is 11.8 Å². The van der Waals surface area contributed by atoms with Crippen LogP contribution in [0.25, 0.3) is 0 Å². The number of hydrogen-bond donors (Lipinski definition) is 1. The van der Waals surface area contributed by atoms with Gasteiger partial charge in [-0.05, 0) is 19.1 Å². The van der Waals surface area contributed by atoms with E-state index in [2.05, 4.69) is 11.8 Å². The Morgan fingerprint density at radius 2 is 1.44 bits per heavy atom. The second kappa shape index (κ2) is 4.20. The minimum Gasteiger partial charge on any atom is -0.369 e. The predicted molar refractivity (Wildman–Crippen MR) is 73.5 cm³/mol. The Labute approximate surface area is 111 Å². The molecular weight excluding hydrogens is 240 g/mol. The van der Waals surface area contributed by atoms with Gasteiger partial charge in [0.2, 0.25) is 0 Å². The first-order chi connectivity index (χ1) is 8.75. The standard InChI is InChI=1S/C16H12OS/c1-2-11-16(17)12-7-3-5-9-14(12)18-15-10-6-4-8-13(15)16/h3-10,17H,1H3. The highest BCUT2D eigenvalue weighted by Gasteiger charge is 2.37. The van der Waals surface area contributed by atoms with E-state index in [4.69, 9.17) is 0 Å². The molecule has 0 unspecified atom stereocenters. The van der Waals surface area contributed by atoms with Crippen LogP contribution in [0.2, 0.25) is 0 Å². The molecule has 2 aromatic carbocycles. The van der Waals surface area contributed by atoms with Gasteiger partial charge in [-0.25, -0.2) is 0 Å². The van der Waals surface area contributed by atoms with Gasteiger partial charge in [-0.15, -0.1) is 5.92 Å². The predicted octanol–water partition coefficient (Wildman–Crippen LogP) is 3.41. The Hall–Kier alpha value is -1.69. The average molecular weight is 252 g/mol. The van der Waals surface area contributed by atoms with Crippen LogP contribution in [0.4, 0.5) is 0 Å². The van der Waals surface area contributed by atoms with Crippen molar-refractivity contribution in [2.24, 2.45) is 0 Å². The summed E-state index contributed by atoms with van der Waals surface area (Å²) in [6, 6.07) is 15.8. The monoisotopic (exact) mass is 252 g/mol. The lowest BCUT2D eigenvalue weighted by atomic mass is 9.86. The normalized spacial score (nSPS) is 15.0. The van der Waals surface area contributed by atoms with Crippen LogP contribution in [-0.2, 0) is 5.60 Å². The lowest BCUT2D eigenvalue weighted by Gasteiger charge is -2.31. The van der Waals surface area contributed by atoms with Gasteiger partial charge >= 0.3 is 0 Å². The molecule has 0 bridgehead atoms. The highest BCUT2D eigenvalue weighted by atomic mass is 32.2. The van der Waals surface area contributed by atoms with E-state index < -0.39 is 5.60 Å². The lowest BCUT2D eigenvalue weighted by Crippen LogP contribution is -2.29. The summed E-state index contributed by atoms with van der Waals surface area (Å²) in [5.74, 6) is 5.82. The molecule has 2 aromatic rings. The van der Waals surface area contributed by atoms with E-state index in [1.807, 2.05) is 48.5 Å². The number of aliphatic hydroxyl groups is 1. The zero-order valence-corrected chi connectivity index (χ0v) is 10.8. The molecule has 1 aliphatic rings. The molecule has 1 heterocycles. The van der Waals surface area contributed by atoms with E-state index in [0.29, 0.717) is 0 Å². The fraction of sp³-hybridized carbons (Fsp3) is 0.125. The molecule has 18 heavy (non-hydrogen) atoms. The van der Waals surface area contributed by atoms with E-state index in [-0.39, 0.29) is 0 Å². The first-order valence-electron chi connectivity index (χ1n) is 5.79. The highest BCUT2D eigenvalue weighted by molar-refractivity contribution is 7.99. The van der Waals surface area contributed by atoms with Crippen molar-refractivity contribution in [2.45, 2.75) is 22.3 Å². The van der Waals surface area contributed by atoms with E-state index >= 15 is 0 Å². The van der Waals surface area contributed by atoms with Gasteiger partial charge in [-0.3, -0.25) is 0 Å². The van der Waals surface area contributed by atoms with Crippen molar-refractivity contribution in [3.05, 3.63) is 59.7 Å². The van der Waals surface area contributed by atoms with Crippen molar-refractivity contribution in [1.82, 2.24) is 0 Å². The van der Waals surface area contributed by atoms with Crippen molar-refractivity contribution < 1.29 is 5.11 Å². The number of hydrogen-bond acceptors (Lipinski definition) is 2. The van der Waals surface area contributed by atoms with Crippen LogP contribution in [-0.4, -0.2) is 5.11 Å². The van der Waals surface area contributed by atoms with Crippen LogP contribution < -0.4 is 0 Å². The topological polar surface area (TPSA) is 20.2 Å². The lowest BCUT2D eigenvalue weighted by molar-refractivity contribution is 0.138. The molecule has 1 aliphatic heterocycles. The van der Waals surface area contributed by atoms with Crippen LogP contribution in [0.3, 0.4) is 0 Å². The molecule has 0 spiro atoms. The van der Waals surface area contributed by atoms with Gasteiger partial charge in [-0.2, -0.15) is 0 Å². The largest absolute Gasteiger partial charge is 0.369 e. The number of fused-ring (bicyclic) bond motifs is 2. The summed E-state index contributed by atoms with van der Waals surface area (Å²) < 4.78 is 0. The minimum atomic E-state index is -1.19. The van der Waals surface area contributed by atoms with Crippen molar-refractivity contribution in [1.29, 1.82) is 0 Å². The van der Waals surface area contributed by atoms with Gasteiger partial charge in [0.25, 0.3) is 0 Å². The minimum absolute atomic E-state index is 0.878. The van der Waals surface area contributed by atoms with Gasteiger partial charge in [-0.1, -0.05) is 54.1 Å². The van der Waals surface area contributed by atoms with Gasteiger partial charge in [0, 0.05) is 20.9 Å². The summed E-state index contributed by atoms with van der Waals surface area (Å²) in [6.07, 6.45) is 0. The van der Waals surface area contributed by atoms with Gasteiger partial charge in [0.05, 0.1) is 0 Å². The molecule has 2 heteroatoms. The summed E-state index contributed by atoms with van der Waals surface area (Å²) in [4.78, 5) is 2.14. The molecule has 0 saturated heterocycles. The zero-order valence-electron chi connectivity index (χ0n) is 9.97. The van der Waals surface area contributed by atoms with Crippen molar-refractivity contribution >= 4 is 11.8 Å². The van der Waals surface area contributed by atoms with Crippen LogP contribution in [0, 0.1) is 11.8 Å². The fourth-order valence-corrected chi connectivity index (χ4v) is 3.47. The molecule has 3 rings (SSSR count). The van der Waals surface area contributed by atoms with E-state index in [9.17, 15) is 5.11 Å². The second-order valence-electron chi connectivity index (χ2n) is 4.18. The molecule has 0 saturated carbocycles. The third-order valence-corrected chi connectivity index (χ3v) is 4.23. The molecule has 1 N–H and O–H groups in total. The molecular formula is C16H12OS. The first kappa shape index (κ1) is 11.4. The van der Waals surface area contributed by atoms with Crippen molar-refractivity contribution in [3.8, 4) is 11.8 Å². The second-order valence-corrected chi connectivity index (χ2v) is 5.26. The highest BCUT2D eigenvalue weighted by Crippen LogP contribution is 2.47. The van der Waals surface area contributed by atoms with Crippen LogP contribution in [0.1, 0.15) is 18.1 Å². The number of benzene rings is 2. The third kappa shape index (κ3) is 1.56. The van der Waals surface area contributed by atoms with Crippen molar-refractivity contribution in [2.75, 3.05) is 0 Å². The maximum atomic E-state index is 11.0. The maximum absolute atomic E-state index is 11.0. The Morgan fingerprint density at radius 1 is 0.944 bits per heavy atom. The van der Waals surface area contributed by atoms with Gasteiger partial charge < -0.3 is 5.11 Å². The summed E-state index contributed by atoms with van der Waals surface area (Å²) >= 11 is 1.68. The van der Waals surface area contributed by atoms with Crippen LogP contribution in [0.5, 0.6) is 0 Å². The molecule has 0 fully saturated rings.